The Hall–Kier alpha value is -1.89. The molecule has 3 atom stereocenters. The minimum atomic E-state index is -2.90. The number of nitrogens with one attached hydrogen (secondary N) is 1. The van der Waals surface area contributed by atoms with E-state index in [-0.39, 0.29) is 11.2 Å². The van der Waals surface area contributed by atoms with E-state index < -0.39 is 9.84 Å². The average Bonchev–Trinajstić information content (AvgIpc) is 3.06. The first kappa shape index (κ1) is 16.3. The number of sulfone groups is 1. The molecule has 5 rings (SSSR count). The van der Waals surface area contributed by atoms with Gasteiger partial charge in [-0.05, 0) is 43.6 Å². The molecule has 3 aromatic heterocycles. The number of hydrogen-bond donors (Lipinski definition) is 1. The van der Waals surface area contributed by atoms with Gasteiger partial charge in [-0.15, -0.1) is 0 Å². The van der Waals surface area contributed by atoms with Crippen LogP contribution in [0.3, 0.4) is 0 Å². The number of aromatic nitrogens is 4. The lowest BCUT2D eigenvalue weighted by Gasteiger charge is -2.20. The highest BCUT2D eigenvalue weighted by atomic mass is 32.2. The zero-order valence-electron chi connectivity index (χ0n) is 14.9. The number of nitrogens with zero attached hydrogens (tertiary/aromatic N) is 3. The van der Waals surface area contributed by atoms with Crippen LogP contribution in [-0.2, 0) is 9.84 Å². The van der Waals surface area contributed by atoms with E-state index in [1.54, 1.807) is 0 Å². The van der Waals surface area contributed by atoms with Gasteiger partial charge in [0.1, 0.15) is 11.2 Å². The lowest BCUT2D eigenvalue weighted by atomic mass is 10.00. The summed E-state index contributed by atoms with van der Waals surface area (Å²) < 4.78 is 27.2. The molecule has 0 aromatic carbocycles. The summed E-state index contributed by atoms with van der Waals surface area (Å²) in [7, 11) is -2.90. The Balaban J connectivity index is 1.50. The summed E-state index contributed by atoms with van der Waals surface area (Å²) in [6.07, 6.45) is 10.3. The Labute approximate surface area is 152 Å². The predicted octanol–water partition coefficient (Wildman–Crippen LogP) is 3.47. The summed E-state index contributed by atoms with van der Waals surface area (Å²) in [5.74, 6) is 1.11. The molecule has 0 amide bonds. The number of aromatic amines is 1. The molecule has 2 aliphatic carbocycles. The van der Waals surface area contributed by atoms with Gasteiger partial charge in [0.2, 0.25) is 0 Å². The van der Waals surface area contributed by atoms with Crippen molar-refractivity contribution in [1.82, 2.24) is 19.5 Å². The van der Waals surface area contributed by atoms with E-state index in [1.165, 1.54) is 0 Å². The van der Waals surface area contributed by atoms with E-state index in [0.717, 1.165) is 54.2 Å². The topological polar surface area (TPSA) is 80.6 Å². The zero-order valence-corrected chi connectivity index (χ0v) is 15.7. The number of imidazole rings is 1. The van der Waals surface area contributed by atoms with E-state index in [2.05, 4.69) is 26.4 Å². The molecule has 0 aliphatic heterocycles. The summed E-state index contributed by atoms with van der Waals surface area (Å²) in [6.45, 7) is 2.21. The highest BCUT2D eigenvalue weighted by Gasteiger charge is 2.41. The molecule has 0 spiro atoms. The van der Waals surface area contributed by atoms with E-state index in [1.807, 2.05) is 24.8 Å². The van der Waals surface area contributed by atoms with Crippen LogP contribution in [0.25, 0.3) is 22.1 Å². The van der Waals surface area contributed by atoms with Crippen LogP contribution in [0, 0.1) is 11.8 Å². The molecule has 0 bridgehead atoms. The maximum atomic E-state index is 12.5. The molecular weight excluding hydrogens is 348 g/mol. The summed E-state index contributed by atoms with van der Waals surface area (Å²) in [6, 6.07) is 2.36. The van der Waals surface area contributed by atoms with Crippen molar-refractivity contribution in [2.75, 3.05) is 5.75 Å². The lowest BCUT2D eigenvalue weighted by Crippen LogP contribution is -2.18. The standard InChI is InChI=1S/C19H24N4O2S/c1-2-13-7-12(10-26(24,25)14-3-4-14)8-17(13)23-11-22-16-9-21-19-15(18(16)23)5-6-20-19/h5-6,9,11-14,17H,2-4,7-8,10H2,1H3,(H,20,21)/t12-,13+,17-/m0/s1. The second-order valence-electron chi connectivity index (χ2n) is 7.99. The molecule has 0 saturated heterocycles. The molecule has 2 fully saturated rings. The predicted molar refractivity (Wildman–Crippen MR) is 102 cm³/mol. The van der Waals surface area contributed by atoms with Gasteiger partial charge in [0, 0.05) is 17.6 Å². The molecule has 7 heteroatoms. The number of H-pyrrole nitrogens is 1. The van der Waals surface area contributed by atoms with Crippen molar-refractivity contribution in [2.45, 2.75) is 50.3 Å². The fraction of sp³-hybridized carbons (Fsp3) is 0.579. The molecule has 1 N–H and O–H groups in total. The van der Waals surface area contributed by atoms with Crippen molar-refractivity contribution >= 4 is 31.9 Å². The number of pyridine rings is 1. The third-order valence-corrected chi connectivity index (χ3v) is 8.68. The van der Waals surface area contributed by atoms with Gasteiger partial charge in [0.15, 0.2) is 9.84 Å². The molecule has 0 radical (unpaired) electrons. The van der Waals surface area contributed by atoms with Crippen LogP contribution in [0.2, 0.25) is 0 Å². The maximum absolute atomic E-state index is 12.5. The first-order valence-electron chi connectivity index (χ1n) is 9.57. The van der Waals surface area contributed by atoms with Gasteiger partial charge in [-0.2, -0.15) is 0 Å². The Morgan fingerprint density at radius 2 is 2.12 bits per heavy atom. The first-order chi connectivity index (χ1) is 12.6. The van der Waals surface area contributed by atoms with Crippen molar-refractivity contribution in [3.05, 3.63) is 24.8 Å². The smallest absolute Gasteiger partial charge is 0.153 e. The SMILES string of the molecule is CC[C@@H]1C[C@H](CS(=O)(=O)C2CC2)C[C@@H]1n1cnc2cnc3[nH]ccc3c21. The summed E-state index contributed by atoms with van der Waals surface area (Å²) in [5, 5.41) is 1.03. The monoisotopic (exact) mass is 372 g/mol. The van der Waals surface area contributed by atoms with Crippen molar-refractivity contribution in [3.63, 3.8) is 0 Å². The Morgan fingerprint density at radius 3 is 2.88 bits per heavy atom. The molecule has 3 heterocycles. The van der Waals surface area contributed by atoms with Gasteiger partial charge in [-0.3, -0.25) is 0 Å². The van der Waals surface area contributed by atoms with Crippen molar-refractivity contribution < 1.29 is 8.42 Å². The number of fused-ring (bicyclic) bond motifs is 3. The van der Waals surface area contributed by atoms with Crippen LogP contribution in [0.4, 0.5) is 0 Å². The van der Waals surface area contributed by atoms with Gasteiger partial charge < -0.3 is 9.55 Å². The third-order valence-electron chi connectivity index (χ3n) is 6.26. The van der Waals surface area contributed by atoms with Gasteiger partial charge >= 0.3 is 0 Å². The fourth-order valence-corrected chi connectivity index (χ4v) is 6.86. The fourth-order valence-electron chi connectivity index (χ4n) is 4.81. The largest absolute Gasteiger partial charge is 0.346 e. The van der Waals surface area contributed by atoms with Gasteiger partial charge in [0.25, 0.3) is 0 Å². The van der Waals surface area contributed by atoms with Crippen molar-refractivity contribution in [2.24, 2.45) is 11.8 Å². The Kier molecular flexibility index (Phi) is 3.64. The van der Waals surface area contributed by atoms with Crippen LogP contribution in [0.1, 0.15) is 45.1 Å². The zero-order chi connectivity index (χ0) is 17.9. The van der Waals surface area contributed by atoms with E-state index >= 15 is 0 Å². The molecule has 0 unspecified atom stereocenters. The highest BCUT2D eigenvalue weighted by Crippen LogP contribution is 2.45. The van der Waals surface area contributed by atoms with Crippen LogP contribution in [-0.4, -0.2) is 38.9 Å². The van der Waals surface area contributed by atoms with E-state index in [9.17, 15) is 8.42 Å². The lowest BCUT2D eigenvalue weighted by molar-refractivity contribution is 0.377. The van der Waals surface area contributed by atoms with Crippen molar-refractivity contribution in [3.8, 4) is 0 Å². The molecule has 2 saturated carbocycles. The molecule has 6 nitrogen and oxygen atoms in total. The number of rotatable bonds is 5. The third kappa shape index (κ3) is 2.55. The molecule has 138 valence electrons. The molecular formula is C19H24N4O2S. The van der Waals surface area contributed by atoms with Gasteiger partial charge in [-0.25, -0.2) is 18.4 Å². The molecule has 26 heavy (non-hydrogen) atoms. The summed E-state index contributed by atoms with van der Waals surface area (Å²) >= 11 is 0. The molecule has 3 aromatic rings. The van der Waals surface area contributed by atoms with E-state index in [0.29, 0.717) is 17.7 Å². The second kappa shape index (κ2) is 5.81. The summed E-state index contributed by atoms with van der Waals surface area (Å²) in [4.78, 5) is 12.2. The molecule has 2 aliphatic rings. The van der Waals surface area contributed by atoms with E-state index in [4.69, 9.17) is 0 Å². The normalized spacial score (nSPS) is 26.9. The van der Waals surface area contributed by atoms with Crippen LogP contribution in [0.15, 0.2) is 24.8 Å². The van der Waals surface area contributed by atoms with Gasteiger partial charge in [0.05, 0.1) is 29.0 Å². The van der Waals surface area contributed by atoms with Gasteiger partial charge in [-0.1, -0.05) is 13.3 Å². The number of hydrogen-bond acceptors (Lipinski definition) is 4. The Bertz CT molecular complexity index is 1060. The highest BCUT2D eigenvalue weighted by molar-refractivity contribution is 7.92. The Morgan fingerprint density at radius 1 is 1.27 bits per heavy atom. The maximum Gasteiger partial charge on any atom is 0.153 e. The first-order valence-corrected chi connectivity index (χ1v) is 11.3. The summed E-state index contributed by atoms with van der Waals surface area (Å²) in [5.41, 5.74) is 2.89. The average molecular weight is 372 g/mol. The van der Waals surface area contributed by atoms with Crippen molar-refractivity contribution in [1.29, 1.82) is 0 Å². The van der Waals surface area contributed by atoms with Crippen LogP contribution >= 0.6 is 0 Å². The quantitative estimate of drug-likeness (QED) is 0.744. The van der Waals surface area contributed by atoms with Crippen LogP contribution < -0.4 is 0 Å². The second-order valence-corrected chi connectivity index (χ2v) is 10.3. The minimum absolute atomic E-state index is 0.0544. The minimum Gasteiger partial charge on any atom is -0.346 e. The van der Waals surface area contributed by atoms with Crippen LogP contribution in [0.5, 0.6) is 0 Å².